The molecule has 9 heteroatoms. The van der Waals surface area contributed by atoms with E-state index in [2.05, 4.69) is 41.2 Å². The van der Waals surface area contributed by atoms with E-state index >= 15 is 0 Å². The van der Waals surface area contributed by atoms with E-state index in [1.807, 2.05) is 19.1 Å². The van der Waals surface area contributed by atoms with Gasteiger partial charge in [-0.25, -0.2) is 9.97 Å². The molecule has 8 nitrogen and oxygen atoms in total. The highest BCUT2D eigenvalue weighted by atomic mass is 32.1. The molecule has 0 amide bonds. The van der Waals surface area contributed by atoms with Gasteiger partial charge in [0.15, 0.2) is 5.82 Å². The second kappa shape index (κ2) is 7.36. The lowest BCUT2D eigenvalue weighted by atomic mass is 10.2. The summed E-state index contributed by atoms with van der Waals surface area (Å²) >= 11 is 1.49. The van der Waals surface area contributed by atoms with Crippen LogP contribution in [0.4, 0.5) is 10.9 Å². The van der Waals surface area contributed by atoms with Gasteiger partial charge in [0.05, 0.1) is 0 Å². The maximum Gasteiger partial charge on any atom is 0.258 e. The minimum Gasteiger partial charge on any atom is -0.355 e. The molecule has 4 rings (SSSR count). The lowest BCUT2D eigenvalue weighted by Gasteiger charge is -2.22. The van der Waals surface area contributed by atoms with Gasteiger partial charge >= 0.3 is 0 Å². The van der Waals surface area contributed by atoms with E-state index in [9.17, 15) is 0 Å². The first-order valence-electron chi connectivity index (χ1n) is 8.82. The standard InChI is InChI=1S/C17H21N7OS/c1-3-14-20-17(26-22-14)24-8-4-7-23(9-10-24)15-11-13(5-6-18-15)16-19-12(2)21-25-16/h5-6,11H,3-4,7-10H2,1-2H3. The molecule has 0 aromatic carbocycles. The maximum absolute atomic E-state index is 5.28. The smallest absolute Gasteiger partial charge is 0.258 e. The molecule has 1 aliphatic heterocycles. The van der Waals surface area contributed by atoms with Crippen LogP contribution in [-0.4, -0.2) is 50.7 Å². The highest BCUT2D eigenvalue weighted by Crippen LogP contribution is 2.24. The van der Waals surface area contributed by atoms with Crippen LogP contribution in [0.1, 0.15) is 25.0 Å². The molecule has 0 spiro atoms. The van der Waals surface area contributed by atoms with Gasteiger partial charge < -0.3 is 14.3 Å². The van der Waals surface area contributed by atoms with Crippen molar-refractivity contribution in [3.63, 3.8) is 0 Å². The predicted octanol–water partition coefficient (Wildman–Crippen LogP) is 2.57. The van der Waals surface area contributed by atoms with Crippen molar-refractivity contribution in [2.45, 2.75) is 26.7 Å². The molecule has 0 N–H and O–H groups in total. The van der Waals surface area contributed by atoms with Crippen LogP contribution < -0.4 is 9.80 Å². The van der Waals surface area contributed by atoms with Gasteiger partial charge in [0.2, 0.25) is 5.13 Å². The summed E-state index contributed by atoms with van der Waals surface area (Å²) in [6.07, 6.45) is 3.72. The lowest BCUT2D eigenvalue weighted by Crippen LogP contribution is -2.31. The van der Waals surface area contributed by atoms with Crippen LogP contribution in [-0.2, 0) is 6.42 Å². The summed E-state index contributed by atoms with van der Waals surface area (Å²) in [5, 5.41) is 4.88. The molecule has 4 heterocycles. The van der Waals surface area contributed by atoms with Crippen molar-refractivity contribution in [3.8, 4) is 11.5 Å². The zero-order valence-electron chi connectivity index (χ0n) is 14.9. The van der Waals surface area contributed by atoms with Crippen LogP contribution >= 0.6 is 11.5 Å². The van der Waals surface area contributed by atoms with Crippen molar-refractivity contribution >= 4 is 22.5 Å². The Labute approximate surface area is 156 Å². The summed E-state index contributed by atoms with van der Waals surface area (Å²) in [4.78, 5) is 18.1. The normalized spacial score (nSPS) is 15.3. The summed E-state index contributed by atoms with van der Waals surface area (Å²) in [6, 6.07) is 3.91. The predicted molar refractivity (Wildman–Crippen MR) is 101 cm³/mol. The fourth-order valence-corrected chi connectivity index (χ4v) is 3.79. The maximum atomic E-state index is 5.28. The van der Waals surface area contributed by atoms with Crippen LogP contribution in [0, 0.1) is 6.92 Å². The number of aryl methyl sites for hydroxylation is 2. The van der Waals surface area contributed by atoms with Gasteiger partial charge in [-0.2, -0.15) is 9.36 Å². The largest absolute Gasteiger partial charge is 0.355 e. The molecule has 1 fully saturated rings. The number of anilines is 2. The minimum atomic E-state index is 0.531. The first kappa shape index (κ1) is 16.9. The number of aromatic nitrogens is 5. The monoisotopic (exact) mass is 371 g/mol. The molecule has 26 heavy (non-hydrogen) atoms. The minimum absolute atomic E-state index is 0.531. The Balaban J connectivity index is 1.49. The van der Waals surface area contributed by atoms with Gasteiger partial charge in [0.1, 0.15) is 11.6 Å². The van der Waals surface area contributed by atoms with Gasteiger partial charge in [0, 0.05) is 55.9 Å². The van der Waals surface area contributed by atoms with Crippen LogP contribution in [0.2, 0.25) is 0 Å². The third-order valence-corrected chi connectivity index (χ3v) is 5.20. The van der Waals surface area contributed by atoms with Gasteiger partial charge in [-0.05, 0) is 25.5 Å². The van der Waals surface area contributed by atoms with Gasteiger partial charge in [-0.15, -0.1) is 0 Å². The van der Waals surface area contributed by atoms with Crippen LogP contribution in [0.5, 0.6) is 0 Å². The van der Waals surface area contributed by atoms with E-state index in [-0.39, 0.29) is 0 Å². The Morgan fingerprint density at radius 1 is 1.15 bits per heavy atom. The van der Waals surface area contributed by atoms with Crippen molar-refractivity contribution in [1.82, 2.24) is 24.5 Å². The molecule has 3 aromatic heterocycles. The van der Waals surface area contributed by atoms with Crippen LogP contribution in [0.3, 0.4) is 0 Å². The highest BCUT2D eigenvalue weighted by molar-refractivity contribution is 7.09. The zero-order valence-corrected chi connectivity index (χ0v) is 15.7. The average molecular weight is 371 g/mol. The number of nitrogens with zero attached hydrogens (tertiary/aromatic N) is 7. The molecular weight excluding hydrogens is 350 g/mol. The number of hydrogen-bond donors (Lipinski definition) is 0. The third kappa shape index (κ3) is 3.52. The van der Waals surface area contributed by atoms with Crippen LogP contribution in [0.15, 0.2) is 22.9 Å². The topological polar surface area (TPSA) is 84.1 Å². The Bertz CT molecular complexity index is 877. The lowest BCUT2D eigenvalue weighted by molar-refractivity contribution is 0.425. The molecule has 136 valence electrons. The molecule has 1 aliphatic rings. The fraction of sp³-hybridized carbons (Fsp3) is 0.471. The summed E-state index contributed by atoms with van der Waals surface area (Å²) < 4.78 is 9.68. The number of rotatable bonds is 4. The summed E-state index contributed by atoms with van der Waals surface area (Å²) in [5.74, 6) is 3.03. The zero-order chi connectivity index (χ0) is 17.9. The molecule has 0 unspecified atom stereocenters. The second-order valence-electron chi connectivity index (χ2n) is 6.22. The van der Waals surface area contributed by atoms with Crippen molar-refractivity contribution in [1.29, 1.82) is 0 Å². The SMILES string of the molecule is CCc1nsc(N2CCCN(c3cc(-c4nc(C)no4)ccn3)CC2)n1. The average Bonchev–Trinajstić information content (AvgIpc) is 3.25. The molecule has 1 saturated heterocycles. The Hall–Kier alpha value is -2.55. The quantitative estimate of drug-likeness (QED) is 0.692. The van der Waals surface area contributed by atoms with Crippen molar-refractivity contribution in [2.75, 3.05) is 36.0 Å². The number of hydrogen-bond acceptors (Lipinski definition) is 9. The van der Waals surface area contributed by atoms with Crippen molar-refractivity contribution < 1.29 is 4.52 Å². The molecule has 0 bridgehead atoms. The molecule has 3 aromatic rings. The summed E-state index contributed by atoms with van der Waals surface area (Å²) in [5.41, 5.74) is 0.897. The highest BCUT2D eigenvalue weighted by Gasteiger charge is 2.19. The Morgan fingerprint density at radius 2 is 2.00 bits per heavy atom. The first-order chi connectivity index (χ1) is 12.7. The van der Waals surface area contributed by atoms with E-state index < -0.39 is 0 Å². The fourth-order valence-electron chi connectivity index (χ4n) is 2.99. The van der Waals surface area contributed by atoms with E-state index in [1.54, 1.807) is 6.20 Å². The second-order valence-corrected chi connectivity index (χ2v) is 6.95. The molecular formula is C17H21N7OS. The summed E-state index contributed by atoms with van der Waals surface area (Å²) in [7, 11) is 0. The number of pyridine rings is 1. The van der Waals surface area contributed by atoms with E-state index in [1.165, 1.54) is 11.5 Å². The van der Waals surface area contributed by atoms with Crippen LogP contribution in [0.25, 0.3) is 11.5 Å². The van der Waals surface area contributed by atoms with E-state index in [0.717, 1.165) is 61.4 Å². The molecule has 0 aliphatic carbocycles. The van der Waals surface area contributed by atoms with E-state index in [0.29, 0.717) is 11.7 Å². The van der Waals surface area contributed by atoms with Crippen molar-refractivity contribution in [3.05, 3.63) is 30.0 Å². The van der Waals surface area contributed by atoms with Gasteiger partial charge in [-0.1, -0.05) is 12.1 Å². The van der Waals surface area contributed by atoms with Gasteiger partial charge in [-0.3, -0.25) is 0 Å². The van der Waals surface area contributed by atoms with Gasteiger partial charge in [0.25, 0.3) is 5.89 Å². The first-order valence-corrected chi connectivity index (χ1v) is 9.59. The van der Waals surface area contributed by atoms with Crippen molar-refractivity contribution in [2.24, 2.45) is 0 Å². The molecule has 0 atom stereocenters. The summed E-state index contributed by atoms with van der Waals surface area (Å²) in [6.45, 7) is 7.63. The molecule has 0 saturated carbocycles. The van der Waals surface area contributed by atoms with E-state index in [4.69, 9.17) is 4.52 Å². The third-order valence-electron chi connectivity index (χ3n) is 4.38. The Kier molecular flexibility index (Phi) is 4.79. The Morgan fingerprint density at radius 3 is 2.77 bits per heavy atom. The molecule has 0 radical (unpaired) electrons.